The number of halogens is 1. The number of hydrogen-bond donors (Lipinski definition) is 1. The number of methoxy groups -OCH3 is 1. The second-order valence-electron chi connectivity index (χ2n) is 4.49. The molecule has 0 heterocycles. The van der Waals surface area contributed by atoms with Crippen LogP contribution in [0.5, 0.6) is 5.75 Å². The minimum Gasteiger partial charge on any atom is -0.495 e. The third-order valence-corrected chi connectivity index (χ3v) is 2.98. The SMILES string of the molecule is COc1cc(Cl)c(C)cc1NC(=O)C(C)(C)C#N. The van der Waals surface area contributed by atoms with E-state index in [0.717, 1.165) is 5.56 Å². The van der Waals surface area contributed by atoms with Crippen molar-refractivity contribution in [2.75, 3.05) is 12.4 Å². The van der Waals surface area contributed by atoms with E-state index in [1.807, 2.05) is 13.0 Å². The minimum absolute atomic E-state index is 0.384. The van der Waals surface area contributed by atoms with Gasteiger partial charge in [0, 0.05) is 11.1 Å². The number of benzene rings is 1. The summed E-state index contributed by atoms with van der Waals surface area (Å²) in [5, 5.41) is 12.1. The Morgan fingerprint density at radius 2 is 2.11 bits per heavy atom. The molecule has 0 atom stereocenters. The first-order valence-corrected chi connectivity index (χ1v) is 5.76. The van der Waals surface area contributed by atoms with Gasteiger partial charge in [-0.2, -0.15) is 5.26 Å². The van der Waals surface area contributed by atoms with Crippen LogP contribution in [0, 0.1) is 23.7 Å². The van der Waals surface area contributed by atoms with E-state index in [0.29, 0.717) is 16.5 Å². The number of rotatable bonds is 3. The Labute approximate surface area is 112 Å². The van der Waals surface area contributed by atoms with Gasteiger partial charge in [-0.3, -0.25) is 4.79 Å². The number of hydrogen-bond acceptors (Lipinski definition) is 3. The molecule has 4 nitrogen and oxygen atoms in total. The Morgan fingerprint density at radius 1 is 1.50 bits per heavy atom. The number of carbonyl (C=O) groups is 1. The number of amides is 1. The molecule has 5 heteroatoms. The fraction of sp³-hybridized carbons (Fsp3) is 0.385. The standard InChI is InChI=1S/C13H15ClN2O2/c1-8-5-10(11(18-4)6-9(8)14)16-12(17)13(2,3)7-15/h5-6H,1-4H3,(H,16,17). The number of ether oxygens (including phenoxy) is 1. The summed E-state index contributed by atoms with van der Waals surface area (Å²) in [6, 6.07) is 5.29. The first kappa shape index (κ1) is 14.3. The second kappa shape index (κ2) is 5.28. The van der Waals surface area contributed by atoms with Gasteiger partial charge in [0.05, 0.1) is 18.9 Å². The van der Waals surface area contributed by atoms with E-state index < -0.39 is 5.41 Å². The van der Waals surface area contributed by atoms with E-state index >= 15 is 0 Å². The lowest BCUT2D eigenvalue weighted by atomic mass is 9.94. The van der Waals surface area contributed by atoms with E-state index in [2.05, 4.69) is 5.32 Å². The van der Waals surface area contributed by atoms with Gasteiger partial charge in [0.1, 0.15) is 11.2 Å². The van der Waals surface area contributed by atoms with Crippen LogP contribution in [0.4, 0.5) is 5.69 Å². The fourth-order valence-electron chi connectivity index (χ4n) is 1.26. The predicted molar refractivity (Wildman–Crippen MR) is 70.8 cm³/mol. The molecule has 0 spiro atoms. The van der Waals surface area contributed by atoms with Crippen LogP contribution >= 0.6 is 11.6 Å². The lowest BCUT2D eigenvalue weighted by molar-refractivity contribution is -0.121. The van der Waals surface area contributed by atoms with Crippen LogP contribution in [0.15, 0.2) is 12.1 Å². The summed E-state index contributed by atoms with van der Waals surface area (Å²) >= 11 is 5.97. The van der Waals surface area contributed by atoms with Gasteiger partial charge in [-0.15, -0.1) is 0 Å². The largest absolute Gasteiger partial charge is 0.495 e. The van der Waals surface area contributed by atoms with Crippen molar-refractivity contribution in [2.24, 2.45) is 5.41 Å². The molecule has 96 valence electrons. The summed E-state index contributed by atoms with van der Waals surface area (Å²) in [5.41, 5.74) is 0.230. The van der Waals surface area contributed by atoms with Gasteiger partial charge in [0.25, 0.3) is 0 Å². The van der Waals surface area contributed by atoms with Crippen LogP contribution in [0.1, 0.15) is 19.4 Å². The molecule has 0 aliphatic rings. The van der Waals surface area contributed by atoms with Crippen LogP contribution in [0.25, 0.3) is 0 Å². The van der Waals surface area contributed by atoms with E-state index in [9.17, 15) is 4.79 Å². The highest BCUT2D eigenvalue weighted by molar-refractivity contribution is 6.31. The molecule has 1 aromatic rings. The lowest BCUT2D eigenvalue weighted by Crippen LogP contribution is -2.29. The molecule has 1 amide bonds. The summed E-state index contributed by atoms with van der Waals surface area (Å²) in [6.45, 7) is 4.93. The van der Waals surface area contributed by atoms with Gasteiger partial charge < -0.3 is 10.1 Å². The predicted octanol–water partition coefficient (Wildman–Crippen LogP) is 3.15. The highest BCUT2D eigenvalue weighted by Crippen LogP contribution is 2.32. The van der Waals surface area contributed by atoms with Gasteiger partial charge in [0.15, 0.2) is 0 Å². The smallest absolute Gasteiger partial charge is 0.244 e. The maximum atomic E-state index is 11.9. The zero-order valence-electron chi connectivity index (χ0n) is 10.8. The fourth-order valence-corrected chi connectivity index (χ4v) is 1.41. The molecule has 1 aromatic carbocycles. The van der Waals surface area contributed by atoms with Gasteiger partial charge >= 0.3 is 0 Å². The molecule has 0 saturated heterocycles. The molecular weight excluding hydrogens is 252 g/mol. The zero-order chi connectivity index (χ0) is 13.9. The average molecular weight is 267 g/mol. The third kappa shape index (κ3) is 2.93. The van der Waals surface area contributed by atoms with E-state index in [4.69, 9.17) is 21.6 Å². The quantitative estimate of drug-likeness (QED) is 0.914. The molecule has 0 unspecified atom stereocenters. The number of nitriles is 1. The summed E-state index contributed by atoms with van der Waals surface area (Å²) < 4.78 is 5.15. The highest BCUT2D eigenvalue weighted by Gasteiger charge is 2.28. The number of carbonyl (C=O) groups excluding carboxylic acids is 1. The molecule has 0 fully saturated rings. The highest BCUT2D eigenvalue weighted by atomic mass is 35.5. The molecule has 18 heavy (non-hydrogen) atoms. The number of nitrogens with one attached hydrogen (secondary N) is 1. The first-order chi connectivity index (χ1) is 8.31. The van der Waals surface area contributed by atoms with Crippen LogP contribution in [0.2, 0.25) is 5.02 Å². The molecule has 0 saturated carbocycles. The van der Waals surface area contributed by atoms with Crippen molar-refractivity contribution in [3.05, 3.63) is 22.7 Å². The van der Waals surface area contributed by atoms with Crippen molar-refractivity contribution in [2.45, 2.75) is 20.8 Å². The second-order valence-corrected chi connectivity index (χ2v) is 4.90. The maximum absolute atomic E-state index is 11.9. The first-order valence-electron chi connectivity index (χ1n) is 5.38. The lowest BCUT2D eigenvalue weighted by Gasteiger charge is -2.17. The molecule has 0 aromatic heterocycles. The Balaban J connectivity index is 3.09. The van der Waals surface area contributed by atoms with E-state index in [-0.39, 0.29) is 5.91 Å². The number of nitrogens with zero attached hydrogens (tertiary/aromatic N) is 1. The minimum atomic E-state index is -1.10. The monoisotopic (exact) mass is 266 g/mol. The average Bonchev–Trinajstić information content (AvgIpc) is 2.33. The van der Waals surface area contributed by atoms with Crippen LogP contribution in [-0.4, -0.2) is 13.0 Å². The summed E-state index contributed by atoms with van der Waals surface area (Å²) in [4.78, 5) is 11.9. The normalized spacial score (nSPS) is 10.7. The zero-order valence-corrected chi connectivity index (χ0v) is 11.6. The van der Waals surface area contributed by atoms with Crippen LogP contribution < -0.4 is 10.1 Å². The van der Waals surface area contributed by atoms with Gasteiger partial charge in [-0.1, -0.05) is 11.6 Å². The van der Waals surface area contributed by atoms with Gasteiger partial charge in [-0.05, 0) is 32.4 Å². The van der Waals surface area contributed by atoms with Crippen molar-refractivity contribution in [3.63, 3.8) is 0 Å². The summed E-state index contributed by atoms with van der Waals surface area (Å²) in [6.07, 6.45) is 0. The molecular formula is C13H15ClN2O2. The summed E-state index contributed by atoms with van der Waals surface area (Å²) in [7, 11) is 1.49. The number of anilines is 1. The van der Waals surface area contributed by atoms with Crippen molar-refractivity contribution in [3.8, 4) is 11.8 Å². The molecule has 0 aliphatic carbocycles. The molecule has 0 bridgehead atoms. The van der Waals surface area contributed by atoms with Crippen LogP contribution in [-0.2, 0) is 4.79 Å². The molecule has 1 N–H and O–H groups in total. The topological polar surface area (TPSA) is 62.1 Å². The maximum Gasteiger partial charge on any atom is 0.244 e. The summed E-state index contributed by atoms with van der Waals surface area (Å²) in [5.74, 6) is 0.0812. The van der Waals surface area contributed by atoms with Crippen molar-refractivity contribution in [1.29, 1.82) is 5.26 Å². The molecule has 1 rings (SSSR count). The van der Waals surface area contributed by atoms with Gasteiger partial charge in [-0.25, -0.2) is 0 Å². The molecule has 0 radical (unpaired) electrons. The molecule has 0 aliphatic heterocycles. The van der Waals surface area contributed by atoms with Crippen molar-refractivity contribution < 1.29 is 9.53 Å². The van der Waals surface area contributed by atoms with Gasteiger partial charge in [0.2, 0.25) is 5.91 Å². The third-order valence-electron chi connectivity index (χ3n) is 2.58. The van der Waals surface area contributed by atoms with Crippen molar-refractivity contribution in [1.82, 2.24) is 0 Å². The Morgan fingerprint density at radius 3 is 2.61 bits per heavy atom. The van der Waals surface area contributed by atoms with Crippen molar-refractivity contribution >= 4 is 23.2 Å². The van der Waals surface area contributed by atoms with E-state index in [1.54, 1.807) is 26.0 Å². The number of aryl methyl sites for hydroxylation is 1. The Kier molecular flexibility index (Phi) is 4.20. The van der Waals surface area contributed by atoms with E-state index in [1.165, 1.54) is 7.11 Å². The van der Waals surface area contributed by atoms with Crippen LogP contribution in [0.3, 0.4) is 0 Å². The Hall–Kier alpha value is -1.73. The Bertz CT molecular complexity index is 518.